The number of nitrogens with zero attached hydrogens (tertiary/aromatic N) is 2. The average Bonchev–Trinajstić information content (AvgIpc) is 2.74. The van der Waals surface area contributed by atoms with Gasteiger partial charge in [0, 0.05) is 11.0 Å². The number of Topliss-reactive ketones (excluding diaryl/α,β-unsaturated/α-hetero) is 1. The fraction of sp³-hybridized carbons (Fsp3) is 0.583. The molecule has 3 N–H and O–H groups in total. The molecule has 0 spiro atoms. The van der Waals surface area contributed by atoms with Crippen LogP contribution >= 0.6 is 0 Å². The summed E-state index contributed by atoms with van der Waals surface area (Å²) in [5, 5.41) is 12.1. The van der Waals surface area contributed by atoms with E-state index in [0.717, 1.165) is 32.1 Å². The van der Waals surface area contributed by atoms with E-state index >= 15 is 0 Å². The number of benzene rings is 1. The second-order valence-corrected chi connectivity index (χ2v) is 10.0. The number of nitrogens with one attached hydrogen (secondary N) is 1. The zero-order valence-electron chi connectivity index (χ0n) is 18.4. The van der Waals surface area contributed by atoms with Gasteiger partial charge in [0.25, 0.3) is 0 Å². The molecule has 0 heterocycles. The summed E-state index contributed by atoms with van der Waals surface area (Å²) in [6.45, 7) is 3.59. The molecule has 5 rings (SSSR count). The molecule has 4 fully saturated rings. The standard InChI is InChI=1S/C24H30N4O3/c1-23(2,20(29)15-4-6-18(31-3)7-5-15)22(27-13-25)28-19-16-8-14-9-17(19)12-24(10-14,11-16)21(26)30/h4-7,14,16-17,19H,8-12H2,1-3H3,(H2,26,30)(H,27,28). The first kappa shape index (κ1) is 21.4. The Morgan fingerprint density at radius 1 is 1.19 bits per heavy atom. The van der Waals surface area contributed by atoms with E-state index in [2.05, 4.69) is 5.32 Å². The van der Waals surface area contributed by atoms with Gasteiger partial charge in [-0.25, -0.2) is 0 Å². The maximum absolute atomic E-state index is 13.3. The van der Waals surface area contributed by atoms with E-state index in [1.165, 1.54) is 0 Å². The molecule has 31 heavy (non-hydrogen) atoms. The molecule has 0 aromatic heterocycles. The van der Waals surface area contributed by atoms with Crippen molar-refractivity contribution in [1.82, 2.24) is 5.32 Å². The highest BCUT2D eigenvalue weighted by Gasteiger charge is 2.58. The molecule has 2 unspecified atom stereocenters. The molecule has 1 aromatic rings. The number of hydrogen-bond acceptors (Lipinski definition) is 5. The molecule has 2 atom stereocenters. The van der Waals surface area contributed by atoms with Crippen LogP contribution in [-0.4, -0.2) is 30.7 Å². The summed E-state index contributed by atoms with van der Waals surface area (Å²) >= 11 is 0. The number of nitriles is 1. The Kier molecular flexibility index (Phi) is 5.28. The highest BCUT2D eigenvalue weighted by molar-refractivity contribution is 6.15. The predicted molar refractivity (Wildman–Crippen MR) is 116 cm³/mol. The SMILES string of the molecule is COc1ccc(C(=O)C(C)(C)C(=NC2C3CC4CC2CC(C(N)=O)(C4)C3)NC#N)cc1. The molecule has 4 saturated carbocycles. The van der Waals surface area contributed by atoms with Crippen molar-refractivity contribution in [3.05, 3.63) is 29.8 Å². The van der Waals surface area contributed by atoms with E-state index in [4.69, 9.17) is 15.5 Å². The third-order valence-corrected chi connectivity index (χ3v) is 7.71. The average molecular weight is 423 g/mol. The summed E-state index contributed by atoms with van der Waals surface area (Å²) in [5.41, 5.74) is 4.95. The minimum atomic E-state index is -1.000. The van der Waals surface area contributed by atoms with E-state index < -0.39 is 5.41 Å². The summed E-state index contributed by atoms with van der Waals surface area (Å²) in [6, 6.07) is 6.96. The lowest BCUT2D eigenvalue weighted by molar-refractivity contribution is -0.144. The van der Waals surface area contributed by atoms with Crippen molar-refractivity contribution in [3.63, 3.8) is 0 Å². The van der Waals surface area contributed by atoms with Crippen molar-refractivity contribution in [3.8, 4) is 11.9 Å². The number of ketones is 1. The zero-order chi connectivity index (χ0) is 22.4. The lowest BCUT2D eigenvalue weighted by atomic mass is 9.47. The van der Waals surface area contributed by atoms with E-state index in [1.807, 2.05) is 6.19 Å². The molecule has 0 radical (unpaired) electrons. The molecule has 0 saturated heterocycles. The molecule has 4 aliphatic rings. The van der Waals surface area contributed by atoms with E-state index in [-0.39, 0.29) is 35.0 Å². The third-order valence-electron chi connectivity index (χ3n) is 7.71. The van der Waals surface area contributed by atoms with Crippen LogP contribution in [0.2, 0.25) is 0 Å². The largest absolute Gasteiger partial charge is 0.497 e. The second-order valence-electron chi connectivity index (χ2n) is 10.0. The van der Waals surface area contributed by atoms with Gasteiger partial charge in [-0.1, -0.05) is 0 Å². The molecule has 7 nitrogen and oxygen atoms in total. The van der Waals surface area contributed by atoms with Crippen molar-refractivity contribution in [2.24, 2.45) is 39.3 Å². The van der Waals surface area contributed by atoms with Crippen LogP contribution in [0.15, 0.2) is 29.3 Å². The number of nitrogens with two attached hydrogens (primary N) is 1. The molecule has 164 valence electrons. The Hall–Kier alpha value is -2.88. The zero-order valence-corrected chi connectivity index (χ0v) is 18.4. The number of ether oxygens (including phenoxy) is 1. The van der Waals surface area contributed by atoms with E-state index in [0.29, 0.717) is 23.1 Å². The van der Waals surface area contributed by atoms with E-state index in [9.17, 15) is 14.9 Å². The van der Waals surface area contributed by atoms with Crippen molar-refractivity contribution >= 4 is 17.5 Å². The molecule has 4 aliphatic carbocycles. The molecule has 0 aliphatic heterocycles. The highest BCUT2D eigenvalue weighted by Crippen LogP contribution is 2.60. The van der Waals surface area contributed by atoms with Crippen LogP contribution in [-0.2, 0) is 4.79 Å². The Morgan fingerprint density at radius 2 is 1.81 bits per heavy atom. The van der Waals surface area contributed by atoms with Crippen LogP contribution in [0.4, 0.5) is 0 Å². The first-order valence-corrected chi connectivity index (χ1v) is 10.9. The number of carbonyl (C=O) groups excluding carboxylic acids is 2. The number of rotatable bonds is 6. The Morgan fingerprint density at radius 3 is 2.32 bits per heavy atom. The molecule has 7 heteroatoms. The monoisotopic (exact) mass is 422 g/mol. The number of hydrogen-bond donors (Lipinski definition) is 2. The molecule has 1 amide bonds. The number of methoxy groups -OCH3 is 1. The molecule has 1 aromatic carbocycles. The van der Waals surface area contributed by atoms with Gasteiger partial charge < -0.3 is 10.5 Å². The molecule has 4 bridgehead atoms. The summed E-state index contributed by atoms with van der Waals surface area (Å²) < 4.78 is 5.18. The first-order chi connectivity index (χ1) is 14.7. The smallest absolute Gasteiger partial charge is 0.223 e. The van der Waals surface area contributed by atoms with Gasteiger partial charge in [-0.2, -0.15) is 5.26 Å². The van der Waals surface area contributed by atoms with Gasteiger partial charge >= 0.3 is 0 Å². The normalized spacial score (nSPS) is 31.7. The second kappa shape index (κ2) is 7.67. The van der Waals surface area contributed by atoms with Gasteiger partial charge in [0.05, 0.1) is 18.6 Å². The number of primary amides is 1. The summed E-state index contributed by atoms with van der Waals surface area (Å²) in [4.78, 5) is 30.5. The van der Waals surface area contributed by atoms with Crippen LogP contribution in [0.5, 0.6) is 5.75 Å². The Labute approximate surface area is 183 Å². The van der Waals surface area contributed by atoms with Crippen molar-refractivity contribution in [1.29, 1.82) is 5.26 Å². The number of carbonyl (C=O) groups is 2. The van der Waals surface area contributed by atoms with Gasteiger partial charge in [-0.3, -0.25) is 19.9 Å². The van der Waals surface area contributed by atoms with Gasteiger partial charge in [0.15, 0.2) is 12.0 Å². The fourth-order valence-electron chi connectivity index (χ4n) is 6.27. The number of aliphatic imine (C=N–C) groups is 1. The maximum Gasteiger partial charge on any atom is 0.223 e. The lowest BCUT2D eigenvalue weighted by Gasteiger charge is -2.57. The highest BCUT2D eigenvalue weighted by atomic mass is 16.5. The molecular formula is C24H30N4O3. The number of amidine groups is 1. The Bertz CT molecular complexity index is 944. The van der Waals surface area contributed by atoms with Crippen molar-refractivity contribution < 1.29 is 14.3 Å². The van der Waals surface area contributed by atoms with Gasteiger partial charge in [0.1, 0.15) is 11.6 Å². The minimum Gasteiger partial charge on any atom is -0.497 e. The van der Waals surface area contributed by atoms with E-state index in [1.54, 1.807) is 45.2 Å². The fourth-order valence-corrected chi connectivity index (χ4v) is 6.27. The van der Waals surface area contributed by atoms with Gasteiger partial charge in [-0.15, -0.1) is 0 Å². The van der Waals surface area contributed by atoms with Crippen LogP contribution < -0.4 is 15.8 Å². The van der Waals surface area contributed by atoms with Crippen molar-refractivity contribution in [2.75, 3.05) is 7.11 Å². The predicted octanol–water partition coefficient (Wildman–Crippen LogP) is 3.05. The molecular weight excluding hydrogens is 392 g/mol. The lowest BCUT2D eigenvalue weighted by Crippen LogP contribution is -2.58. The first-order valence-electron chi connectivity index (χ1n) is 10.9. The van der Waals surface area contributed by atoms with Crippen LogP contribution in [0, 0.1) is 40.0 Å². The third kappa shape index (κ3) is 3.58. The van der Waals surface area contributed by atoms with Crippen LogP contribution in [0.1, 0.15) is 56.3 Å². The Balaban J connectivity index is 1.63. The summed E-state index contributed by atoms with van der Waals surface area (Å²) in [7, 11) is 1.58. The summed E-state index contributed by atoms with van der Waals surface area (Å²) in [6.07, 6.45) is 6.46. The topological polar surface area (TPSA) is 118 Å². The van der Waals surface area contributed by atoms with Crippen molar-refractivity contribution in [2.45, 2.75) is 52.0 Å². The quantitative estimate of drug-likeness (QED) is 0.240. The minimum absolute atomic E-state index is 0.00261. The summed E-state index contributed by atoms with van der Waals surface area (Å²) in [5.74, 6) is 1.82. The van der Waals surface area contributed by atoms with Gasteiger partial charge in [0.2, 0.25) is 5.91 Å². The van der Waals surface area contributed by atoms with Crippen LogP contribution in [0.3, 0.4) is 0 Å². The van der Waals surface area contributed by atoms with Gasteiger partial charge in [-0.05, 0) is 88.0 Å². The maximum atomic E-state index is 13.3. The number of amides is 1. The van der Waals surface area contributed by atoms with Crippen LogP contribution in [0.25, 0.3) is 0 Å².